The SMILES string of the molecule is [2H]c1c([2H])c(C(C([2H])([2H])[2H])(C([2H])([2H])[2H])C([2H])([2H])[2H])c([2H])c([2H])c1-c1cc[n+]2c(c1)-c1cc(C(C)(C)C)cc3c1C21Oc2c(cc(C(C)(C)C)cc2C(C)(C([2H])([2H])[2H])C([2H])([2H])[2H])-c2n(-c4ccc(-c5ccccc5)c(CC(C)C)c4)c4cccc-3c4[n+]21. The highest BCUT2D eigenvalue weighted by atomic mass is 16.5. The summed E-state index contributed by atoms with van der Waals surface area (Å²) in [7, 11) is 0. The number of hydrogen-bond acceptors (Lipinski definition) is 1. The topological polar surface area (TPSA) is 21.9 Å². The van der Waals surface area contributed by atoms with E-state index in [1.165, 1.54) is 13.0 Å². The molecule has 0 N–H and O–H groups in total. The molecule has 5 heterocycles. The average Bonchev–Trinajstić information content (AvgIpc) is 1.43. The van der Waals surface area contributed by atoms with Crippen LogP contribution in [0, 0.1) is 5.92 Å². The Balaban J connectivity index is 1.32. The number of ether oxygens (including phenoxy) is 1. The first-order valence-corrected chi connectivity index (χ1v) is 23.0. The third kappa shape index (κ3) is 6.52. The first-order chi connectivity index (χ1) is 39.5. The maximum atomic E-state index is 9.51. The summed E-state index contributed by atoms with van der Waals surface area (Å²) >= 11 is 0. The van der Waals surface area contributed by atoms with Crippen LogP contribution >= 0.6 is 0 Å². The molecular formula is C63H67N3O+2. The van der Waals surface area contributed by atoms with Crippen LogP contribution in [0.5, 0.6) is 5.75 Å². The fraction of sp³-hybridized carbons (Fsp3) is 0.333. The summed E-state index contributed by atoms with van der Waals surface area (Å²) < 4.78 is 183. The minimum atomic E-state index is -3.88. The summed E-state index contributed by atoms with van der Waals surface area (Å²) in [6.45, 7) is -0.286. The summed E-state index contributed by atoms with van der Waals surface area (Å²) in [5, 5.41) is 0. The van der Waals surface area contributed by atoms with Crippen molar-refractivity contribution in [2.24, 2.45) is 5.92 Å². The van der Waals surface area contributed by atoms with Crippen molar-refractivity contribution in [3.63, 3.8) is 0 Å². The number of aromatic nitrogens is 3. The van der Waals surface area contributed by atoms with Crippen LogP contribution in [0.3, 0.4) is 0 Å². The van der Waals surface area contributed by atoms with Gasteiger partial charge in [-0.25, -0.2) is 0 Å². The van der Waals surface area contributed by atoms with Crippen molar-refractivity contribution < 1.29 is 39.9 Å². The molecule has 0 saturated carbocycles. The van der Waals surface area contributed by atoms with Gasteiger partial charge in [0.05, 0.1) is 11.0 Å². The molecule has 0 aliphatic carbocycles. The minimum absolute atomic E-state index is 0.00113. The third-order valence-electron chi connectivity index (χ3n) is 13.7. The zero-order chi connectivity index (χ0) is 63.3. The van der Waals surface area contributed by atoms with Crippen LogP contribution in [-0.4, -0.2) is 4.57 Å². The van der Waals surface area contributed by atoms with Crippen LogP contribution in [-0.2, 0) is 33.9 Å². The number of rotatable bonds is 5. The van der Waals surface area contributed by atoms with Gasteiger partial charge in [-0.15, -0.1) is 9.13 Å². The summed E-state index contributed by atoms with van der Waals surface area (Å²) in [4.78, 5) is 0. The molecule has 67 heavy (non-hydrogen) atoms. The monoisotopic (exact) mass is 901 g/mol. The van der Waals surface area contributed by atoms with Crippen molar-refractivity contribution in [2.75, 3.05) is 0 Å². The highest BCUT2D eigenvalue weighted by molar-refractivity contribution is 5.98. The fourth-order valence-corrected chi connectivity index (χ4v) is 10.5. The number of para-hydroxylation sites is 1. The Hall–Kier alpha value is -6.26. The van der Waals surface area contributed by atoms with Crippen molar-refractivity contribution in [1.82, 2.24) is 4.57 Å². The Morgan fingerprint density at radius 3 is 1.99 bits per heavy atom. The van der Waals surface area contributed by atoms with Gasteiger partial charge in [-0.2, -0.15) is 4.57 Å². The molecule has 4 nitrogen and oxygen atoms in total. The Labute approximate surface area is 425 Å². The van der Waals surface area contributed by atoms with E-state index >= 15 is 0 Å². The van der Waals surface area contributed by atoms with Crippen molar-refractivity contribution >= 4 is 11.0 Å². The van der Waals surface area contributed by atoms with Crippen LogP contribution in [0.25, 0.3) is 72.7 Å². The zero-order valence-corrected chi connectivity index (χ0v) is 39.4. The van der Waals surface area contributed by atoms with E-state index in [0.29, 0.717) is 45.7 Å². The molecule has 0 radical (unpaired) electrons. The standard InChI is InChI=1S/C63H67N3O/c1-38(2)31-42-32-46(27-28-47(42)40-19-16-15-17-20-40)65-53-22-18-21-48-49-34-44(60(6,7)8)35-50-54-33-41(39-23-25-43(26-24-39)59(3,4)5)29-30-64(54)63(55(49)50)66(56(48)53)58(65)51-36-45(61(9,10)11)37-52(57(51)67-63)62(12,13)14/h15-30,32-38H,31H2,1-14H3/q+2/i3D3,4D3,5D3,12D3,13D3,23D,24D,25D,26D. The van der Waals surface area contributed by atoms with Gasteiger partial charge in [0.15, 0.2) is 23.0 Å². The molecule has 0 amide bonds. The lowest BCUT2D eigenvalue weighted by molar-refractivity contribution is -0.997. The number of fused-ring (bicyclic) bond motifs is 5. The predicted molar refractivity (Wildman–Crippen MR) is 277 cm³/mol. The molecule has 1 atom stereocenters. The van der Waals surface area contributed by atoms with Crippen LogP contribution < -0.4 is 13.9 Å². The number of hydrogen-bond donors (Lipinski definition) is 0. The molecule has 4 heteroatoms. The molecule has 0 fully saturated rings. The van der Waals surface area contributed by atoms with Gasteiger partial charge in [-0.1, -0.05) is 163 Å². The maximum Gasteiger partial charge on any atom is 0.499 e. The number of benzene rings is 6. The third-order valence-corrected chi connectivity index (χ3v) is 13.7. The molecular weight excluding hydrogens is 815 g/mol. The van der Waals surface area contributed by atoms with Crippen molar-refractivity contribution in [2.45, 2.75) is 131 Å². The van der Waals surface area contributed by atoms with E-state index in [9.17, 15) is 13.7 Å². The van der Waals surface area contributed by atoms with E-state index in [2.05, 4.69) is 80.2 Å². The lowest BCUT2D eigenvalue weighted by Crippen LogP contribution is -2.78. The van der Waals surface area contributed by atoms with Gasteiger partial charge in [0, 0.05) is 49.4 Å². The maximum absolute atomic E-state index is 9.51. The van der Waals surface area contributed by atoms with Gasteiger partial charge >= 0.3 is 11.7 Å². The molecule has 1 spiro atoms. The van der Waals surface area contributed by atoms with Crippen LogP contribution in [0.1, 0.15) is 156 Å². The van der Waals surface area contributed by atoms with Gasteiger partial charge < -0.3 is 4.74 Å². The summed E-state index contributed by atoms with van der Waals surface area (Å²) in [6.07, 6.45) is 2.34. The normalized spacial score (nSPS) is 21.1. The van der Waals surface area contributed by atoms with Crippen molar-refractivity contribution in [3.8, 4) is 67.5 Å². The van der Waals surface area contributed by atoms with Gasteiger partial charge in [-0.05, 0) is 127 Å². The smallest absolute Gasteiger partial charge is 0.392 e. The van der Waals surface area contributed by atoms with Crippen LogP contribution in [0.15, 0.2) is 133 Å². The summed E-state index contributed by atoms with van der Waals surface area (Å²) in [5.41, 5.74) is 1.04. The van der Waals surface area contributed by atoms with Crippen molar-refractivity contribution in [1.29, 1.82) is 0 Å². The number of nitrogens with zero attached hydrogens (tertiary/aromatic N) is 3. The quantitative estimate of drug-likeness (QED) is 0.158. The average molecular weight is 901 g/mol. The molecule has 0 saturated heterocycles. The molecule has 8 aromatic rings. The van der Waals surface area contributed by atoms with Crippen LogP contribution in [0.4, 0.5) is 0 Å². The van der Waals surface area contributed by atoms with Gasteiger partial charge in [0.1, 0.15) is 16.8 Å². The van der Waals surface area contributed by atoms with Gasteiger partial charge in [0.2, 0.25) is 5.69 Å². The Morgan fingerprint density at radius 2 is 1.30 bits per heavy atom. The minimum Gasteiger partial charge on any atom is -0.392 e. The molecule has 3 aliphatic rings. The van der Waals surface area contributed by atoms with Gasteiger partial charge in [0.25, 0.3) is 0 Å². The summed E-state index contributed by atoms with van der Waals surface area (Å²) in [5.74, 6) is -1.11. The second kappa shape index (κ2) is 14.4. The highest BCUT2D eigenvalue weighted by Crippen LogP contribution is 2.56. The van der Waals surface area contributed by atoms with Crippen molar-refractivity contribution in [3.05, 3.63) is 167 Å². The largest absolute Gasteiger partial charge is 0.499 e. The zero-order valence-electron chi connectivity index (χ0n) is 58.4. The number of imidazole rings is 1. The summed E-state index contributed by atoms with van der Waals surface area (Å²) in [6, 6.07) is 29.3. The Bertz CT molecular complexity index is 4090. The second-order valence-corrected chi connectivity index (χ2v) is 21.3. The van der Waals surface area contributed by atoms with E-state index in [0.717, 1.165) is 44.6 Å². The van der Waals surface area contributed by atoms with Gasteiger partial charge in [-0.3, -0.25) is 0 Å². The second-order valence-electron chi connectivity index (χ2n) is 21.3. The Morgan fingerprint density at radius 1 is 0.612 bits per heavy atom. The van der Waals surface area contributed by atoms with E-state index < -0.39 is 91.5 Å². The van der Waals surface area contributed by atoms with E-state index in [1.54, 1.807) is 18.3 Å². The fourth-order valence-electron chi connectivity index (χ4n) is 10.5. The lowest BCUT2D eigenvalue weighted by Gasteiger charge is -2.36. The number of pyridine rings is 1. The highest BCUT2D eigenvalue weighted by Gasteiger charge is 2.69. The molecule has 6 aromatic carbocycles. The first-order valence-electron chi connectivity index (χ1n) is 32.5. The lowest BCUT2D eigenvalue weighted by atomic mass is 9.78. The first kappa shape index (κ1) is 26.9. The van der Waals surface area contributed by atoms with E-state index in [-0.39, 0.29) is 28.4 Å². The Kier molecular flexibility index (Phi) is 5.78. The van der Waals surface area contributed by atoms with E-state index in [4.69, 9.17) is 17.1 Å². The van der Waals surface area contributed by atoms with Crippen LogP contribution in [0.2, 0.25) is 0 Å². The molecule has 1 unspecified atom stereocenters. The molecule has 338 valence electrons. The molecule has 2 aromatic heterocycles. The molecule has 3 aliphatic heterocycles. The molecule has 0 bridgehead atoms. The predicted octanol–water partition coefficient (Wildman–Crippen LogP) is 15.2. The van der Waals surface area contributed by atoms with E-state index in [1.807, 2.05) is 73.9 Å². The molecule has 11 rings (SSSR count).